The highest BCUT2D eigenvalue weighted by Crippen LogP contribution is 2.21. The monoisotopic (exact) mass is 326 g/mol. The Kier molecular flexibility index (Phi) is 4.20. The number of allylic oxidation sites excluding steroid dienone is 1. The van der Waals surface area contributed by atoms with Gasteiger partial charge in [-0.15, -0.1) is 0 Å². The van der Waals surface area contributed by atoms with Gasteiger partial charge in [0.25, 0.3) is 9.05 Å². The third kappa shape index (κ3) is 3.33. The van der Waals surface area contributed by atoms with Crippen LogP contribution in [0.4, 0.5) is 0 Å². The minimum absolute atomic E-state index is 0.110. The van der Waals surface area contributed by atoms with Crippen molar-refractivity contribution in [2.24, 2.45) is 0 Å². The highest BCUT2D eigenvalue weighted by molar-refractivity contribution is 9.11. The Labute approximate surface area is 108 Å². The van der Waals surface area contributed by atoms with Crippen molar-refractivity contribution in [3.8, 4) is 0 Å². The van der Waals surface area contributed by atoms with Crippen molar-refractivity contribution >= 4 is 35.7 Å². The van der Waals surface area contributed by atoms with Crippen LogP contribution in [0.3, 0.4) is 0 Å². The lowest BCUT2D eigenvalue weighted by Crippen LogP contribution is -2.04. The maximum atomic E-state index is 11.2. The third-order valence-electron chi connectivity index (χ3n) is 1.89. The average molecular weight is 328 g/mol. The molecule has 1 aromatic rings. The molecular weight excluding hydrogens is 316 g/mol. The summed E-state index contributed by atoms with van der Waals surface area (Å²) in [6, 6.07) is 0. The fourth-order valence-electron chi connectivity index (χ4n) is 1.30. The molecule has 16 heavy (non-hydrogen) atoms. The topological polar surface area (TPSA) is 52.0 Å². The molecule has 0 atom stereocenters. The van der Waals surface area contributed by atoms with Crippen LogP contribution in [0.15, 0.2) is 22.3 Å². The summed E-state index contributed by atoms with van der Waals surface area (Å²) in [5.41, 5.74) is 0. The molecule has 4 nitrogen and oxygen atoms in total. The van der Waals surface area contributed by atoms with E-state index in [4.69, 9.17) is 10.7 Å². The minimum Gasteiger partial charge on any atom is -0.328 e. The van der Waals surface area contributed by atoms with Crippen molar-refractivity contribution in [1.82, 2.24) is 9.55 Å². The van der Waals surface area contributed by atoms with Gasteiger partial charge in [0.05, 0.1) is 6.54 Å². The van der Waals surface area contributed by atoms with Crippen LogP contribution in [0.5, 0.6) is 0 Å². The molecule has 0 saturated heterocycles. The number of aromatic nitrogens is 2. The second kappa shape index (κ2) is 4.89. The third-order valence-corrected chi connectivity index (χ3v) is 3.31. The Bertz CT molecular complexity index is 508. The van der Waals surface area contributed by atoms with Crippen molar-refractivity contribution in [1.29, 1.82) is 0 Å². The van der Waals surface area contributed by atoms with Crippen LogP contribution < -0.4 is 0 Å². The van der Waals surface area contributed by atoms with Crippen molar-refractivity contribution in [3.05, 3.63) is 23.1 Å². The van der Waals surface area contributed by atoms with Crippen LogP contribution in [-0.4, -0.2) is 18.0 Å². The molecule has 1 aromatic heterocycles. The van der Waals surface area contributed by atoms with Crippen LogP contribution in [0.1, 0.15) is 25.6 Å². The predicted molar refractivity (Wildman–Crippen MR) is 67.4 cm³/mol. The van der Waals surface area contributed by atoms with Gasteiger partial charge < -0.3 is 4.57 Å². The number of hydrogen-bond donors (Lipinski definition) is 0. The van der Waals surface area contributed by atoms with E-state index in [0.717, 1.165) is 4.48 Å². The summed E-state index contributed by atoms with van der Waals surface area (Å²) in [5, 5.41) is -0.119. The summed E-state index contributed by atoms with van der Waals surface area (Å²) in [6.45, 7) is 8.04. The van der Waals surface area contributed by atoms with Gasteiger partial charge >= 0.3 is 0 Å². The molecule has 0 aliphatic carbocycles. The molecule has 0 aliphatic rings. The van der Waals surface area contributed by atoms with E-state index in [1.54, 1.807) is 4.57 Å². The van der Waals surface area contributed by atoms with Gasteiger partial charge in [0.1, 0.15) is 5.82 Å². The van der Waals surface area contributed by atoms with Crippen LogP contribution in [0, 0.1) is 0 Å². The van der Waals surface area contributed by atoms with Crippen molar-refractivity contribution in [2.75, 3.05) is 0 Å². The fourth-order valence-corrected chi connectivity index (χ4v) is 2.24. The van der Waals surface area contributed by atoms with Gasteiger partial charge in [0, 0.05) is 27.3 Å². The maximum Gasteiger partial charge on any atom is 0.280 e. The minimum atomic E-state index is -3.78. The van der Waals surface area contributed by atoms with Crippen LogP contribution in [0.25, 0.3) is 0 Å². The number of halogens is 2. The molecule has 0 unspecified atom stereocenters. The largest absolute Gasteiger partial charge is 0.328 e. The summed E-state index contributed by atoms with van der Waals surface area (Å²) in [4.78, 5) is 4.02. The number of rotatable bonds is 4. The molecule has 0 aromatic carbocycles. The summed E-state index contributed by atoms with van der Waals surface area (Å²) in [6.07, 6.45) is 1.42. The van der Waals surface area contributed by atoms with Crippen molar-refractivity contribution in [2.45, 2.75) is 31.3 Å². The maximum absolute atomic E-state index is 11.2. The van der Waals surface area contributed by atoms with E-state index in [-0.39, 0.29) is 10.9 Å². The molecule has 0 N–H and O–H groups in total. The molecule has 90 valence electrons. The number of nitrogens with zero attached hydrogens (tertiary/aromatic N) is 2. The molecular formula is C9H12BrClN2O2S. The average Bonchev–Trinajstić information content (AvgIpc) is 2.45. The molecule has 1 rings (SSSR count). The van der Waals surface area contributed by atoms with Crippen molar-refractivity contribution < 1.29 is 8.42 Å². The van der Waals surface area contributed by atoms with E-state index < -0.39 is 9.05 Å². The first-order chi connectivity index (χ1) is 7.21. The standard InChI is InChI=1S/C9H12BrClN2O2S/c1-6(2)9-12-8(16(11,14)15)5-13(9)4-7(3)10/h5-6H,3-4H2,1-2H3. The Morgan fingerprint density at radius 3 is 2.62 bits per heavy atom. The zero-order chi connectivity index (χ0) is 12.5. The highest BCUT2D eigenvalue weighted by Gasteiger charge is 2.19. The highest BCUT2D eigenvalue weighted by atomic mass is 79.9. The molecule has 0 amide bonds. The molecule has 0 saturated carbocycles. The van der Waals surface area contributed by atoms with Gasteiger partial charge in [-0.2, -0.15) is 0 Å². The second-order valence-electron chi connectivity index (χ2n) is 3.68. The Morgan fingerprint density at radius 2 is 2.25 bits per heavy atom. The summed E-state index contributed by atoms with van der Waals surface area (Å²) >= 11 is 3.23. The first-order valence-corrected chi connectivity index (χ1v) is 7.67. The quantitative estimate of drug-likeness (QED) is 0.799. The smallest absolute Gasteiger partial charge is 0.280 e. The predicted octanol–water partition coefficient (Wildman–Crippen LogP) is 2.84. The number of hydrogen-bond acceptors (Lipinski definition) is 3. The first kappa shape index (κ1) is 13.7. The zero-order valence-electron chi connectivity index (χ0n) is 8.94. The lowest BCUT2D eigenvalue weighted by molar-refractivity contribution is 0.606. The molecule has 0 spiro atoms. The van der Waals surface area contributed by atoms with Crippen LogP contribution in [-0.2, 0) is 15.6 Å². The van der Waals surface area contributed by atoms with Gasteiger partial charge in [0.15, 0.2) is 5.03 Å². The van der Waals surface area contributed by atoms with Crippen LogP contribution >= 0.6 is 26.6 Å². The SMILES string of the molecule is C=C(Br)Cn1cc(S(=O)(=O)Cl)nc1C(C)C. The van der Waals surface area contributed by atoms with Gasteiger partial charge in [-0.25, -0.2) is 13.4 Å². The van der Waals surface area contributed by atoms with Crippen LogP contribution in [0.2, 0.25) is 0 Å². The summed E-state index contributed by atoms with van der Waals surface area (Å²) in [5.74, 6) is 0.777. The Balaban J connectivity index is 3.26. The Morgan fingerprint density at radius 1 is 1.69 bits per heavy atom. The van der Waals surface area contributed by atoms with Gasteiger partial charge in [-0.1, -0.05) is 36.4 Å². The van der Waals surface area contributed by atoms with E-state index in [1.807, 2.05) is 13.8 Å². The molecule has 7 heteroatoms. The normalized spacial score (nSPS) is 12.1. The zero-order valence-corrected chi connectivity index (χ0v) is 12.1. The lowest BCUT2D eigenvalue weighted by Gasteiger charge is -2.08. The van der Waals surface area contributed by atoms with E-state index in [2.05, 4.69) is 27.5 Å². The fraction of sp³-hybridized carbons (Fsp3) is 0.444. The molecule has 0 fully saturated rings. The number of imidazole rings is 1. The van der Waals surface area contributed by atoms with Crippen molar-refractivity contribution in [3.63, 3.8) is 0 Å². The van der Waals surface area contributed by atoms with E-state index >= 15 is 0 Å². The van der Waals surface area contributed by atoms with E-state index in [1.165, 1.54) is 6.20 Å². The lowest BCUT2D eigenvalue weighted by atomic mass is 10.2. The second-order valence-corrected chi connectivity index (χ2v) is 7.31. The van der Waals surface area contributed by atoms with Gasteiger partial charge in [0.2, 0.25) is 0 Å². The molecule has 0 radical (unpaired) electrons. The van der Waals surface area contributed by atoms with Gasteiger partial charge in [-0.3, -0.25) is 0 Å². The van der Waals surface area contributed by atoms with Gasteiger partial charge in [-0.05, 0) is 0 Å². The van der Waals surface area contributed by atoms with E-state index in [9.17, 15) is 8.42 Å². The first-order valence-electron chi connectivity index (χ1n) is 4.57. The Hall–Kier alpha value is -0.330. The summed E-state index contributed by atoms with van der Waals surface area (Å²) in [7, 11) is 1.47. The molecule has 0 bridgehead atoms. The summed E-state index contributed by atoms with van der Waals surface area (Å²) < 4.78 is 24.8. The molecule has 1 heterocycles. The molecule has 0 aliphatic heterocycles. The van der Waals surface area contributed by atoms with E-state index in [0.29, 0.717) is 12.4 Å².